The average molecular weight is 439 g/mol. The maximum atomic E-state index is 12.7. The van der Waals surface area contributed by atoms with Crippen LogP contribution in [-0.4, -0.2) is 50.1 Å². The third-order valence-electron chi connectivity index (χ3n) is 6.12. The number of piperazine rings is 1. The van der Waals surface area contributed by atoms with E-state index < -0.39 is 0 Å². The Morgan fingerprint density at radius 3 is 2.81 bits per heavy atom. The number of thiophene rings is 1. The summed E-state index contributed by atoms with van der Waals surface area (Å²) in [6.45, 7) is 8.58. The number of anilines is 2. The van der Waals surface area contributed by atoms with Gasteiger partial charge in [0.05, 0.1) is 24.4 Å². The first-order valence-corrected chi connectivity index (χ1v) is 11.9. The molecule has 1 fully saturated rings. The summed E-state index contributed by atoms with van der Waals surface area (Å²) in [5, 5.41) is 13.4. The minimum absolute atomic E-state index is 0.0358. The Morgan fingerprint density at radius 1 is 1.29 bits per heavy atom. The fraction of sp³-hybridized carbons (Fsp3) is 0.500. The molecule has 2 aliphatic rings. The number of benzene rings is 1. The minimum Gasteiger partial charge on any atom is -0.492 e. The molecule has 31 heavy (non-hydrogen) atoms. The van der Waals surface area contributed by atoms with Crippen LogP contribution in [0.15, 0.2) is 24.3 Å². The molecule has 7 heteroatoms. The van der Waals surface area contributed by atoms with Crippen molar-refractivity contribution in [2.24, 2.45) is 5.92 Å². The summed E-state index contributed by atoms with van der Waals surface area (Å²) < 4.78 is 5.77. The van der Waals surface area contributed by atoms with Crippen molar-refractivity contribution in [3.05, 3.63) is 40.3 Å². The van der Waals surface area contributed by atoms with Crippen molar-refractivity contribution in [3.63, 3.8) is 0 Å². The molecule has 0 saturated carbocycles. The summed E-state index contributed by atoms with van der Waals surface area (Å²) in [5.74, 6) is 1.52. The number of nitrogens with zero attached hydrogens (tertiary/aromatic N) is 3. The Hall–Kier alpha value is -2.56. The third kappa shape index (κ3) is 4.86. The largest absolute Gasteiger partial charge is 0.492 e. The smallest absolute Gasteiger partial charge is 0.239 e. The minimum atomic E-state index is -0.0358. The summed E-state index contributed by atoms with van der Waals surface area (Å²) in [4.78, 5) is 18.5. The van der Waals surface area contributed by atoms with Gasteiger partial charge in [-0.3, -0.25) is 9.69 Å². The standard InChI is InChI=1S/C24H30N4O2S/c1-3-30-21-7-5-4-6-20(21)28-12-10-27(11-13-28)16-23(29)26-24-19(15-25)18-9-8-17(2)14-22(18)31-24/h4-7,17H,3,8-14,16H2,1-2H3,(H,26,29)/t17-/m1/s1. The number of carbonyl (C=O) groups is 1. The molecule has 1 N–H and O–H groups in total. The Labute approximate surface area is 188 Å². The van der Waals surface area contributed by atoms with Gasteiger partial charge >= 0.3 is 0 Å². The zero-order valence-electron chi connectivity index (χ0n) is 18.3. The molecule has 164 valence electrons. The van der Waals surface area contributed by atoms with Crippen molar-refractivity contribution in [2.75, 3.05) is 49.5 Å². The van der Waals surface area contributed by atoms with Crippen LogP contribution in [-0.2, 0) is 17.6 Å². The average Bonchev–Trinajstić information content (AvgIpc) is 3.10. The Kier molecular flexibility index (Phi) is 6.79. The normalized spacial score (nSPS) is 18.9. The number of nitrogens with one attached hydrogen (secondary N) is 1. The molecule has 1 aliphatic carbocycles. The molecule has 1 aliphatic heterocycles. The first kappa shape index (κ1) is 21.7. The molecule has 0 spiro atoms. The van der Waals surface area contributed by atoms with Gasteiger partial charge in [0.25, 0.3) is 0 Å². The monoisotopic (exact) mass is 438 g/mol. The summed E-state index contributed by atoms with van der Waals surface area (Å²) in [7, 11) is 0. The van der Waals surface area contributed by atoms with E-state index in [1.165, 1.54) is 4.88 Å². The van der Waals surface area contributed by atoms with Gasteiger partial charge in [-0.2, -0.15) is 5.26 Å². The second kappa shape index (κ2) is 9.71. The van der Waals surface area contributed by atoms with Gasteiger partial charge in [0, 0.05) is 31.1 Å². The molecule has 1 aromatic carbocycles. The summed E-state index contributed by atoms with van der Waals surface area (Å²) in [5.41, 5.74) is 2.95. The predicted molar refractivity (Wildman–Crippen MR) is 125 cm³/mol. The topological polar surface area (TPSA) is 68.6 Å². The number of fused-ring (bicyclic) bond motifs is 1. The van der Waals surface area contributed by atoms with Crippen molar-refractivity contribution in [3.8, 4) is 11.8 Å². The fourth-order valence-electron chi connectivity index (χ4n) is 4.47. The van der Waals surface area contributed by atoms with Crippen LogP contribution >= 0.6 is 11.3 Å². The molecule has 2 heterocycles. The highest BCUT2D eigenvalue weighted by Gasteiger charge is 2.26. The molecule has 1 aromatic heterocycles. The molecule has 1 atom stereocenters. The quantitative estimate of drug-likeness (QED) is 0.741. The van der Waals surface area contributed by atoms with Crippen LogP contribution in [0.25, 0.3) is 0 Å². The van der Waals surface area contributed by atoms with Gasteiger partial charge in [0.1, 0.15) is 16.8 Å². The number of amides is 1. The Balaban J connectivity index is 1.34. The Morgan fingerprint density at radius 2 is 2.06 bits per heavy atom. The lowest BCUT2D eigenvalue weighted by molar-refractivity contribution is -0.117. The van der Waals surface area contributed by atoms with Gasteiger partial charge in [-0.25, -0.2) is 0 Å². The number of carbonyl (C=O) groups excluding carboxylic acids is 1. The van der Waals surface area contributed by atoms with E-state index >= 15 is 0 Å². The highest BCUT2D eigenvalue weighted by atomic mass is 32.1. The zero-order chi connectivity index (χ0) is 21.8. The van der Waals surface area contributed by atoms with E-state index in [0.29, 0.717) is 24.6 Å². The van der Waals surface area contributed by atoms with Crippen molar-refractivity contribution in [1.29, 1.82) is 5.26 Å². The van der Waals surface area contributed by atoms with Crippen LogP contribution in [0.3, 0.4) is 0 Å². The van der Waals surface area contributed by atoms with Crippen molar-refractivity contribution in [2.45, 2.75) is 33.1 Å². The second-order valence-electron chi connectivity index (χ2n) is 8.38. The maximum absolute atomic E-state index is 12.7. The SMILES string of the molecule is CCOc1ccccc1N1CCN(CC(=O)Nc2sc3c(c2C#N)CC[C@@H](C)C3)CC1. The molecular weight excluding hydrogens is 408 g/mol. The van der Waals surface area contributed by atoms with E-state index in [0.717, 1.165) is 67.4 Å². The molecular formula is C24H30N4O2S. The van der Waals surface area contributed by atoms with E-state index in [-0.39, 0.29) is 5.91 Å². The van der Waals surface area contributed by atoms with Crippen LogP contribution in [0.1, 0.15) is 36.3 Å². The van der Waals surface area contributed by atoms with Crippen molar-refractivity contribution < 1.29 is 9.53 Å². The predicted octanol–water partition coefficient (Wildman–Crippen LogP) is 3.90. The van der Waals surface area contributed by atoms with Gasteiger partial charge in [-0.1, -0.05) is 19.1 Å². The molecule has 6 nitrogen and oxygen atoms in total. The number of hydrogen-bond donors (Lipinski definition) is 1. The number of rotatable bonds is 6. The molecule has 0 bridgehead atoms. The molecule has 1 saturated heterocycles. The van der Waals surface area contributed by atoms with Crippen LogP contribution in [0.5, 0.6) is 5.75 Å². The highest BCUT2D eigenvalue weighted by molar-refractivity contribution is 7.16. The van der Waals surface area contributed by atoms with Gasteiger partial charge < -0.3 is 15.0 Å². The van der Waals surface area contributed by atoms with Gasteiger partial charge in [0.2, 0.25) is 5.91 Å². The number of nitriles is 1. The second-order valence-corrected chi connectivity index (χ2v) is 9.48. The number of para-hydroxylation sites is 2. The zero-order valence-corrected chi connectivity index (χ0v) is 19.1. The lowest BCUT2D eigenvalue weighted by Gasteiger charge is -2.36. The Bertz CT molecular complexity index is 972. The first-order chi connectivity index (χ1) is 15.1. The van der Waals surface area contributed by atoms with Crippen LogP contribution < -0.4 is 15.0 Å². The molecule has 2 aromatic rings. The summed E-state index contributed by atoms with van der Waals surface area (Å²) in [6.07, 6.45) is 3.06. The summed E-state index contributed by atoms with van der Waals surface area (Å²) in [6, 6.07) is 10.5. The van der Waals surface area contributed by atoms with Gasteiger partial charge in [-0.15, -0.1) is 11.3 Å². The van der Waals surface area contributed by atoms with E-state index in [4.69, 9.17) is 4.74 Å². The molecule has 4 rings (SSSR count). The number of hydrogen-bond acceptors (Lipinski definition) is 6. The van der Waals surface area contributed by atoms with Crippen LogP contribution in [0.2, 0.25) is 0 Å². The molecule has 0 unspecified atom stereocenters. The maximum Gasteiger partial charge on any atom is 0.239 e. The molecule has 1 amide bonds. The van der Waals surface area contributed by atoms with Gasteiger partial charge in [0.15, 0.2) is 0 Å². The van der Waals surface area contributed by atoms with E-state index in [1.54, 1.807) is 11.3 Å². The van der Waals surface area contributed by atoms with E-state index in [1.807, 2.05) is 25.1 Å². The lowest BCUT2D eigenvalue weighted by Crippen LogP contribution is -2.48. The first-order valence-electron chi connectivity index (χ1n) is 11.1. The third-order valence-corrected chi connectivity index (χ3v) is 7.29. The van der Waals surface area contributed by atoms with Crippen molar-refractivity contribution >= 4 is 27.9 Å². The summed E-state index contributed by atoms with van der Waals surface area (Å²) >= 11 is 1.59. The fourth-order valence-corrected chi connectivity index (χ4v) is 5.85. The number of ether oxygens (including phenoxy) is 1. The highest BCUT2D eigenvalue weighted by Crippen LogP contribution is 2.39. The van der Waals surface area contributed by atoms with Crippen molar-refractivity contribution in [1.82, 2.24) is 4.90 Å². The molecule has 0 radical (unpaired) electrons. The van der Waals surface area contributed by atoms with Crippen LogP contribution in [0, 0.1) is 17.2 Å². The van der Waals surface area contributed by atoms with E-state index in [9.17, 15) is 10.1 Å². The van der Waals surface area contributed by atoms with Crippen LogP contribution in [0.4, 0.5) is 10.7 Å². The lowest BCUT2D eigenvalue weighted by atomic mass is 9.89. The van der Waals surface area contributed by atoms with E-state index in [2.05, 4.69) is 34.2 Å². The van der Waals surface area contributed by atoms with Gasteiger partial charge in [-0.05, 0) is 49.8 Å².